The van der Waals surface area contributed by atoms with E-state index in [0.717, 1.165) is 12.3 Å². The number of hydrogen-bond acceptors (Lipinski definition) is 4. The van der Waals surface area contributed by atoms with Crippen LogP contribution in [0.2, 0.25) is 0 Å². The highest BCUT2D eigenvalue weighted by atomic mass is 79.9. The molecule has 1 N–H and O–H groups in total. The molecule has 0 aliphatic carbocycles. The first-order chi connectivity index (χ1) is 6.06. The number of hydrogen-bond donors (Lipinski definition) is 1. The van der Waals surface area contributed by atoms with Crippen molar-refractivity contribution in [3.8, 4) is 5.75 Å². The molecule has 0 saturated carbocycles. The molecule has 0 aliphatic rings. The minimum atomic E-state index is -0.594. The fraction of sp³-hybridized carbons (Fsp3) is 0.167. The van der Waals surface area contributed by atoms with Gasteiger partial charge in [-0.15, -0.1) is 0 Å². The van der Waals surface area contributed by atoms with Gasteiger partial charge in [-0.2, -0.15) is 0 Å². The van der Waals surface area contributed by atoms with E-state index in [1.54, 1.807) is 0 Å². The molecule has 1 rings (SSSR count). The predicted molar refractivity (Wildman–Crippen MR) is 44.7 cm³/mol. The van der Waals surface area contributed by atoms with E-state index in [2.05, 4.69) is 15.9 Å². The highest BCUT2D eigenvalue weighted by Gasteiger charge is 2.23. The molecule has 0 aliphatic heterocycles. The Morgan fingerprint density at radius 2 is 2.38 bits per heavy atom. The third-order valence-corrected chi connectivity index (χ3v) is 1.98. The monoisotopic (exact) mass is 249 g/mol. The standard InChI is InChI=1S/C6H6BrN2O4/c1-13-5-3-8(10)6(7)2-4(5)9(11)12/h2-3,10H,1H3/q+1. The van der Waals surface area contributed by atoms with Crippen molar-refractivity contribution in [2.45, 2.75) is 0 Å². The van der Waals surface area contributed by atoms with E-state index in [-0.39, 0.29) is 16.0 Å². The molecule has 0 atom stereocenters. The van der Waals surface area contributed by atoms with Gasteiger partial charge in [-0.3, -0.25) is 15.3 Å². The van der Waals surface area contributed by atoms with Gasteiger partial charge in [0.15, 0.2) is 0 Å². The molecule has 0 fully saturated rings. The van der Waals surface area contributed by atoms with Crippen molar-refractivity contribution in [1.29, 1.82) is 0 Å². The number of aromatic nitrogens is 1. The summed E-state index contributed by atoms with van der Waals surface area (Å²) in [5.74, 6) is -0.00398. The largest absolute Gasteiger partial charge is 0.486 e. The minimum Gasteiger partial charge on any atom is -0.486 e. The molecule has 1 aromatic heterocycles. The number of nitrogens with zero attached hydrogens (tertiary/aromatic N) is 2. The van der Waals surface area contributed by atoms with Crippen LogP contribution in [0.4, 0.5) is 5.69 Å². The van der Waals surface area contributed by atoms with Crippen LogP contribution in [-0.2, 0) is 0 Å². The Hall–Kier alpha value is -1.37. The molecule has 6 nitrogen and oxygen atoms in total. The first-order valence-corrected chi connectivity index (χ1v) is 3.98. The van der Waals surface area contributed by atoms with E-state index in [9.17, 15) is 10.1 Å². The maximum Gasteiger partial charge on any atom is 0.324 e. The SMILES string of the molecule is COc1c[n+](O)c(Br)cc1[N+](=O)[O-]. The second-order valence-corrected chi connectivity index (χ2v) is 2.96. The van der Waals surface area contributed by atoms with Crippen molar-refractivity contribution < 1.29 is 19.6 Å². The lowest BCUT2D eigenvalue weighted by molar-refractivity contribution is -0.913. The third kappa shape index (κ3) is 1.86. The van der Waals surface area contributed by atoms with Gasteiger partial charge in [-0.25, -0.2) is 0 Å². The van der Waals surface area contributed by atoms with Gasteiger partial charge in [0.05, 0.1) is 12.0 Å². The maximum absolute atomic E-state index is 10.5. The molecule has 0 amide bonds. The second kappa shape index (κ2) is 3.56. The number of ether oxygens (including phenoxy) is 1. The predicted octanol–water partition coefficient (Wildman–Crippen LogP) is 0.891. The lowest BCUT2D eigenvalue weighted by Crippen LogP contribution is -2.31. The van der Waals surface area contributed by atoms with Crippen molar-refractivity contribution >= 4 is 21.6 Å². The summed E-state index contributed by atoms with van der Waals surface area (Å²) in [6.45, 7) is 0. The van der Waals surface area contributed by atoms with Crippen LogP contribution in [0, 0.1) is 10.1 Å². The van der Waals surface area contributed by atoms with Gasteiger partial charge in [0.1, 0.15) is 6.07 Å². The van der Waals surface area contributed by atoms with Gasteiger partial charge < -0.3 is 4.74 Å². The van der Waals surface area contributed by atoms with Gasteiger partial charge in [0.25, 0.3) is 11.9 Å². The zero-order chi connectivity index (χ0) is 10.0. The van der Waals surface area contributed by atoms with Gasteiger partial charge in [-0.1, -0.05) is 0 Å². The zero-order valence-electron chi connectivity index (χ0n) is 6.60. The van der Waals surface area contributed by atoms with E-state index in [1.165, 1.54) is 7.11 Å². The van der Waals surface area contributed by atoms with Crippen LogP contribution in [-0.4, -0.2) is 17.2 Å². The average molecular weight is 250 g/mol. The lowest BCUT2D eigenvalue weighted by atomic mass is 10.4. The molecule has 7 heteroatoms. The minimum absolute atomic E-state index is 0.00398. The number of nitro groups is 1. The third-order valence-electron chi connectivity index (χ3n) is 1.38. The number of halogens is 1. The number of methoxy groups -OCH3 is 1. The summed E-state index contributed by atoms with van der Waals surface area (Å²) >= 11 is 2.93. The summed E-state index contributed by atoms with van der Waals surface area (Å²) in [7, 11) is 1.29. The molecule has 1 heterocycles. The maximum atomic E-state index is 10.5. The van der Waals surface area contributed by atoms with Gasteiger partial charge in [-0.05, 0) is 0 Å². The molecule has 1 aromatic rings. The van der Waals surface area contributed by atoms with E-state index in [1.807, 2.05) is 0 Å². The smallest absolute Gasteiger partial charge is 0.324 e. The zero-order valence-corrected chi connectivity index (χ0v) is 8.19. The molecular formula is C6H6BrN2O4+. The number of rotatable bonds is 2. The fourth-order valence-electron chi connectivity index (χ4n) is 0.789. The molecule has 0 aromatic carbocycles. The van der Waals surface area contributed by atoms with E-state index in [4.69, 9.17) is 9.94 Å². The van der Waals surface area contributed by atoms with Crippen LogP contribution in [0.25, 0.3) is 0 Å². The quantitative estimate of drug-likeness (QED) is 0.278. The molecular weight excluding hydrogens is 244 g/mol. The molecule has 0 radical (unpaired) electrons. The van der Waals surface area contributed by atoms with Crippen LogP contribution in [0.1, 0.15) is 0 Å². The normalized spacial score (nSPS) is 9.69. The van der Waals surface area contributed by atoms with Crippen LogP contribution in [0.5, 0.6) is 5.75 Å². The van der Waals surface area contributed by atoms with Crippen LogP contribution >= 0.6 is 15.9 Å². The van der Waals surface area contributed by atoms with E-state index in [0.29, 0.717) is 4.73 Å². The Morgan fingerprint density at radius 3 is 2.85 bits per heavy atom. The summed E-state index contributed by atoms with van der Waals surface area (Å²) in [5, 5.41) is 19.6. The Labute approximate surface area is 81.6 Å². The van der Waals surface area contributed by atoms with E-state index < -0.39 is 4.92 Å². The van der Waals surface area contributed by atoms with Gasteiger partial charge >= 0.3 is 10.3 Å². The van der Waals surface area contributed by atoms with Crippen molar-refractivity contribution in [3.05, 3.63) is 27.0 Å². The van der Waals surface area contributed by atoms with Crippen molar-refractivity contribution in [2.75, 3.05) is 7.11 Å². The van der Waals surface area contributed by atoms with Gasteiger partial charge in [0, 0.05) is 20.7 Å². The van der Waals surface area contributed by atoms with Crippen molar-refractivity contribution in [2.24, 2.45) is 0 Å². The Bertz CT molecular complexity index is 355. The molecule has 70 valence electrons. The Morgan fingerprint density at radius 1 is 1.77 bits per heavy atom. The molecule has 0 saturated heterocycles. The van der Waals surface area contributed by atoms with Crippen LogP contribution in [0.3, 0.4) is 0 Å². The fourth-order valence-corrected chi connectivity index (χ4v) is 1.11. The lowest BCUT2D eigenvalue weighted by Gasteiger charge is -1.97. The summed E-state index contributed by atoms with van der Waals surface area (Å²) < 4.78 is 5.57. The summed E-state index contributed by atoms with van der Waals surface area (Å²) in [6, 6.07) is 1.15. The van der Waals surface area contributed by atoms with Crippen LogP contribution < -0.4 is 9.47 Å². The number of pyridine rings is 1. The highest BCUT2D eigenvalue weighted by Crippen LogP contribution is 2.26. The molecule has 0 unspecified atom stereocenters. The molecule has 0 bridgehead atoms. The highest BCUT2D eigenvalue weighted by molar-refractivity contribution is 9.10. The van der Waals surface area contributed by atoms with Crippen molar-refractivity contribution in [3.63, 3.8) is 0 Å². The second-order valence-electron chi connectivity index (χ2n) is 2.15. The topological polar surface area (TPSA) is 76.5 Å². The summed E-state index contributed by atoms with van der Waals surface area (Å²) in [6.07, 6.45) is 1.10. The average Bonchev–Trinajstić information content (AvgIpc) is 2.08. The Balaban J connectivity index is 3.33. The molecule has 0 spiro atoms. The molecule has 13 heavy (non-hydrogen) atoms. The summed E-state index contributed by atoms with van der Waals surface area (Å²) in [5.41, 5.74) is -0.209. The van der Waals surface area contributed by atoms with Crippen molar-refractivity contribution in [1.82, 2.24) is 0 Å². The van der Waals surface area contributed by atoms with Gasteiger partial charge in [0.2, 0.25) is 0 Å². The summed E-state index contributed by atoms with van der Waals surface area (Å²) in [4.78, 5) is 9.86. The van der Waals surface area contributed by atoms with Crippen LogP contribution in [0.15, 0.2) is 16.9 Å². The first kappa shape index (κ1) is 9.72. The Kier molecular flexibility index (Phi) is 2.66. The van der Waals surface area contributed by atoms with E-state index >= 15 is 0 Å². The first-order valence-electron chi connectivity index (χ1n) is 3.19.